The van der Waals surface area contributed by atoms with Crippen LogP contribution in [0.4, 0.5) is 5.69 Å². The second-order valence-electron chi connectivity index (χ2n) is 4.43. The zero-order chi connectivity index (χ0) is 13.8. The molecule has 0 aliphatic rings. The number of benzene rings is 1. The SMILES string of the molecule is Cc1ccc(NC(N)=NCc2nc(C)sc2C)cc1. The van der Waals surface area contributed by atoms with Crippen LogP contribution in [0.3, 0.4) is 0 Å². The summed E-state index contributed by atoms with van der Waals surface area (Å²) in [5.41, 5.74) is 9.02. The van der Waals surface area contributed by atoms with Crippen LogP contribution in [-0.4, -0.2) is 10.9 Å². The number of thiazole rings is 1. The van der Waals surface area contributed by atoms with Crippen molar-refractivity contribution >= 4 is 23.0 Å². The number of rotatable bonds is 3. The van der Waals surface area contributed by atoms with E-state index in [9.17, 15) is 0 Å². The second-order valence-corrected chi connectivity index (χ2v) is 5.84. The summed E-state index contributed by atoms with van der Waals surface area (Å²) < 4.78 is 0. The van der Waals surface area contributed by atoms with Gasteiger partial charge in [0.15, 0.2) is 5.96 Å². The zero-order valence-electron chi connectivity index (χ0n) is 11.4. The average molecular weight is 274 g/mol. The van der Waals surface area contributed by atoms with Crippen molar-refractivity contribution in [3.05, 3.63) is 45.4 Å². The summed E-state index contributed by atoms with van der Waals surface area (Å²) in [4.78, 5) is 9.94. The molecule has 0 saturated carbocycles. The molecular formula is C14H18N4S. The van der Waals surface area contributed by atoms with Gasteiger partial charge in [-0.3, -0.25) is 0 Å². The van der Waals surface area contributed by atoms with Crippen molar-refractivity contribution in [2.45, 2.75) is 27.3 Å². The van der Waals surface area contributed by atoms with Gasteiger partial charge in [-0.05, 0) is 32.9 Å². The topological polar surface area (TPSA) is 63.3 Å². The van der Waals surface area contributed by atoms with Crippen molar-refractivity contribution in [2.75, 3.05) is 5.32 Å². The molecule has 1 aromatic heterocycles. The molecule has 0 bridgehead atoms. The molecule has 0 unspecified atom stereocenters. The van der Waals surface area contributed by atoms with Crippen LogP contribution in [0.15, 0.2) is 29.3 Å². The largest absolute Gasteiger partial charge is 0.370 e. The number of aromatic nitrogens is 1. The Bertz CT molecular complexity index is 584. The maximum Gasteiger partial charge on any atom is 0.193 e. The highest BCUT2D eigenvalue weighted by Gasteiger charge is 2.04. The Kier molecular flexibility index (Phi) is 4.16. The number of nitrogens with one attached hydrogen (secondary N) is 1. The number of nitrogens with zero attached hydrogens (tertiary/aromatic N) is 2. The monoisotopic (exact) mass is 274 g/mol. The maximum atomic E-state index is 5.86. The van der Waals surface area contributed by atoms with Crippen molar-refractivity contribution in [1.82, 2.24) is 4.98 Å². The molecule has 0 radical (unpaired) electrons. The molecule has 0 amide bonds. The Morgan fingerprint density at radius 2 is 1.95 bits per heavy atom. The maximum absolute atomic E-state index is 5.86. The molecule has 3 N–H and O–H groups in total. The summed E-state index contributed by atoms with van der Waals surface area (Å²) in [6, 6.07) is 8.03. The van der Waals surface area contributed by atoms with E-state index in [0.717, 1.165) is 16.4 Å². The Morgan fingerprint density at radius 3 is 2.53 bits per heavy atom. The van der Waals surface area contributed by atoms with Crippen molar-refractivity contribution < 1.29 is 0 Å². The third kappa shape index (κ3) is 3.79. The lowest BCUT2D eigenvalue weighted by molar-refractivity contribution is 0.980. The fourth-order valence-corrected chi connectivity index (χ4v) is 2.53. The fraction of sp³-hybridized carbons (Fsp3) is 0.286. The van der Waals surface area contributed by atoms with Crippen LogP contribution in [0.5, 0.6) is 0 Å². The van der Waals surface area contributed by atoms with Gasteiger partial charge in [0.1, 0.15) is 0 Å². The highest BCUT2D eigenvalue weighted by molar-refractivity contribution is 7.11. The van der Waals surface area contributed by atoms with E-state index >= 15 is 0 Å². The molecule has 1 heterocycles. The van der Waals surface area contributed by atoms with Gasteiger partial charge < -0.3 is 11.1 Å². The molecule has 2 rings (SSSR count). The predicted octanol–water partition coefficient (Wildman–Crippen LogP) is 3.00. The Balaban J connectivity index is 1.99. The summed E-state index contributed by atoms with van der Waals surface area (Å²) in [6.45, 7) is 6.62. The number of hydrogen-bond acceptors (Lipinski definition) is 3. The number of hydrogen-bond donors (Lipinski definition) is 2. The minimum atomic E-state index is 0.411. The van der Waals surface area contributed by atoms with E-state index in [1.54, 1.807) is 11.3 Å². The molecule has 19 heavy (non-hydrogen) atoms. The van der Waals surface area contributed by atoms with Crippen LogP contribution < -0.4 is 11.1 Å². The van der Waals surface area contributed by atoms with Gasteiger partial charge >= 0.3 is 0 Å². The van der Waals surface area contributed by atoms with E-state index in [0.29, 0.717) is 12.5 Å². The van der Waals surface area contributed by atoms with Crippen LogP contribution >= 0.6 is 11.3 Å². The third-order valence-electron chi connectivity index (χ3n) is 2.72. The number of guanidine groups is 1. The molecule has 0 atom stereocenters. The first-order valence-corrected chi connectivity index (χ1v) is 6.93. The van der Waals surface area contributed by atoms with Crippen molar-refractivity contribution in [3.63, 3.8) is 0 Å². The predicted molar refractivity (Wildman–Crippen MR) is 81.7 cm³/mol. The molecule has 1 aromatic carbocycles. The van der Waals surface area contributed by atoms with Gasteiger partial charge in [-0.25, -0.2) is 9.98 Å². The van der Waals surface area contributed by atoms with Gasteiger partial charge in [0, 0.05) is 10.6 Å². The molecule has 5 heteroatoms. The molecule has 4 nitrogen and oxygen atoms in total. The Hall–Kier alpha value is -1.88. The molecule has 100 valence electrons. The van der Waals surface area contributed by atoms with Crippen molar-refractivity contribution in [1.29, 1.82) is 0 Å². The first-order chi connectivity index (χ1) is 9.04. The number of aryl methyl sites for hydroxylation is 3. The minimum Gasteiger partial charge on any atom is -0.370 e. The molecule has 2 aromatic rings. The van der Waals surface area contributed by atoms with Crippen LogP contribution in [-0.2, 0) is 6.54 Å². The van der Waals surface area contributed by atoms with Crippen LogP contribution in [0.25, 0.3) is 0 Å². The van der Waals surface area contributed by atoms with E-state index in [4.69, 9.17) is 5.73 Å². The quantitative estimate of drug-likeness (QED) is 0.668. The van der Waals surface area contributed by atoms with Crippen LogP contribution in [0.1, 0.15) is 21.1 Å². The summed E-state index contributed by atoms with van der Waals surface area (Å²) in [5, 5.41) is 4.13. The summed E-state index contributed by atoms with van der Waals surface area (Å²) in [5.74, 6) is 0.411. The third-order valence-corrected chi connectivity index (χ3v) is 3.65. The van der Waals surface area contributed by atoms with Gasteiger partial charge in [-0.15, -0.1) is 11.3 Å². The molecule has 0 saturated heterocycles. The first kappa shape index (κ1) is 13.5. The van der Waals surface area contributed by atoms with Crippen molar-refractivity contribution in [3.8, 4) is 0 Å². The van der Waals surface area contributed by atoms with Crippen LogP contribution in [0, 0.1) is 20.8 Å². The standard InChI is InChI=1S/C14H18N4S/c1-9-4-6-12(7-5-9)18-14(15)16-8-13-10(2)19-11(3)17-13/h4-7H,8H2,1-3H3,(H3,15,16,18). The lowest BCUT2D eigenvalue weighted by atomic mass is 10.2. The minimum absolute atomic E-state index is 0.411. The van der Waals surface area contributed by atoms with Gasteiger partial charge in [0.25, 0.3) is 0 Å². The number of anilines is 1. The molecule has 0 fully saturated rings. The molecule has 0 aliphatic carbocycles. The first-order valence-electron chi connectivity index (χ1n) is 6.11. The lowest BCUT2D eigenvalue weighted by Gasteiger charge is -2.05. The fourth-order valence-electron chi connectivity index (χ4n) is 1.70. The second kappa shape index (κ2) is 5.84. The van der Waals surface area contributed by atoms with E-state index in [-0.39, 0.29) is 0 Å². The van der Waals surface area contributed by atoms with Gasteiger partial charge in [0.05, 0.1) is 17.2 Å². The van der Waals surface area contributed by atoms with Gasteiger partial charge in [0.2, 0.25) is 0 Å². The van der Waals surface area contributed by atoms with Crippen molar-refractivity contribution in [2.24, 2.45) is 10.7 Å². The molecular weight excluding hydrogens is 256 g/mol. The summed E-state index contributed by atoms with van der Waals surface area (Å²) in [6.07, 6.45) is 0. The molecule has 0 aliphatic heterocycles. The van der Waals surface area contributed by atoms with E-state index in [1.165, 1.54) is 10.4 Å². The zero-order valence-corrected chi connectivity index (χ0v) is 12.2. The van der Waals surface area contributed by atoms with E-state index in [2.05, 4.69) is 29.1 Å². The number of aliphatic imine (C=N–C) groups is 1. The highest BCUT2D eigenvalue weighted by Crippen LogP contribution is 2.17. The van der Waals surface area contributed by atoms with E-state index < -0.39 is 0 Å². The highest BCUT2D eigenvalue weighted by atomic mass is 32.1. The molecule has 0 spiro atoms. The Morgan fingerprint density at radius 1 is 1.26 bits per heavy atom. The Labute approximate surface area is 117 Å². The smallest absolute Gasteiger partial charge is 0.193 e. The van der Waals surface area contributed by atoms with Crippen LogP contribution in [0.2, 0.25) is 0 Å². The van der Waals surface area contributed by atoms with E-state index in [1.807, 2.05) is 31.2 Å². The van der Waals surface area contributed by atoms with Gasteiger partial charge in [-0.1, -0.05) is 17.7 Å². The van der Waals surface area contributed by atoms with Gasteiger partial charge in [-0.2, -0.15) is 0 Å². The number of nitrogens with two attached hydrogens (primary N) is 1. The normalized spacial score (nSPS) is 11.6. The summed E-state index contributed by atoms with van der Waals surface area (Å²) in [7, 11) is 0. The lowest BCUT2D eigenvalue weighted by Crippen LogP contribution is -2.22. The average Bonchev–Trinajstić information content (AvgIpc) is 2.68. The summed E-state index contributed by atoms with van der Waals surface area (Å²) >= 11 is 1.68.